The molecule has 4 rings (SSSR count). The normalized spacial score (nSPS) is 36.9. The van der Waals surface area contributed by atoms with E-state index in [1.54, 1.807) is 6.92 Å². The molecule has 0 aromatic heterocycles. The summed E-state index contributed by atoms with van der Waals surface area (Å²) in [6.07, 6.45) is 6.11. The number of likely N-dealkylation sites (tertiary alicyclic amines) is 1. The third kappa shape index (κ3) is 3.09. The molecule has 1 spiro atoms. The molecule has 4 atom stereocenters. The van der Waals surface area contributed by atoms with Gasteiger partial charge in [0.2, 0.25) is 5.91 Å². The lowest BCUT2D eigenvalue weighted by Crippen LogP contribution is -2.65. The third-order valence-electron chi connectivity index (χ3n) is 7.33. The summed E-state index contributed by atoms with van der Waals surface area (Å²) < 4.78 is 0. The Hall–Kier alpha value is -1.34. The molecule has 0 aromatic rings. The number of carbonyl (C=O) groups is 2. The third-order valence-corrected chi connectivity index (χ3v) is 7.33. The standard InChI is InChI=1S/C19H31N3O4/c1-13-17(24)22-14(3-2-4-15(22)11-21(13)18(25)26)5-9-20-10-8-19(6-7-19)16(23)12-20/h13-16,23H,2-12H2,1H3,(H,25,26)/t13-,14?,15+,16+/m0/s1. The molecule has 1 aliphatic carbocycles. The lowest BCUT2D eigenvalue weighted by molar-refractivity contribution is -0.150. The lowest BCUT2D eigenvalue weighted by atomic mass is 9.88. The first-order valence-corrected chi connectivity index (χ1v) is 10.1. The quantitative estimate of drug-likeness (QED) is 0.789. The van der Waals surface area contributed by atoms with Gasteiger partial charge in [0, 0.05) is 31.7 Å². The van der Waals surface area contributed by atoms with Gasteiger partial charge in [-0.3, -0.25) is 9.69 Å². The molecule has 4 fully saturated rings. The number of aliphatic hydroxyl groups excluding tert-OH is 1. The number of piperazine rings is 1. The molecular formula is C19H31N3O4. The molecule has 3 aliphatic heterocycles. The molecule has 2 N–H and O–H groups in total. The van der Waals surface area contributed by atoms with E-state index in [1.165, 1.54) is 17.7 Å². The Balaban J connectivity index is 1.36. The van der Waals surface area contributed by atoms with Crippen molar-refractivity contribution in [1.29, 1.82) is 0 Å². The van der Waals surface area contributed by atoms with Crippen LogP contribution in [0.2, 0.25) is 0 Å². The molecule has 2 amide bonds. The van der Waals surface area contributed by atoms with Crippen LogP contribution in [0.15, 0.2) is 0 Å². The Bertz CT molecular complexity index is 579. The Morgan fingerprint density at radius 2 is 2.00 bits per heavy atom. The van der Waals surface area contributed by atoms with E-state index in [0.717, 1.165) is 51.7 Å². The topological polar surface area (TPSA) is 84.3 Å². The predicted octanol–water partition coefficient (Wildman–Crippen LogP) is 1.36. The zero-order valence-corrected chi connectivity index (χ0v) is 15.6. The van der Waals surface area contributed by atoms with Crippen molar-refractivity contribution in [1.82, 2.24) is 14.7 Å². The van der Waals surface area contributed by atoms with Gasteiger partial charge in [0.25, 0.3) is 0 Å². The van der Waals surface area contributed by atoms with Gasteiger partial charge in [-0.2, -0.15) is 0 Å². The van der Waals surface area contributed by atoms with Gasteiger partial charge in [-0.15, -0.1) is 0 Å². The zero-order valence-electron chi connectivity index (χ0n) is 15.6. The van der Waals surface area contributed by atoms with Gasteiger partial charge in [0.15, 0.2) is 0 Å². The van der Waals surface area contributed by atoms with Crippen LogP contribution in [0.5, 0.6) is 0 Å². The Labute approximate surface area is 154 Å². The van der Waals surface area contributed by atoms with Crippen molar-refractivity contribution in [3.8, 4) is 0 Å². The maximum Gasteiger partial charge on any atom is 0.408 e. The fourth-order valence-electron chi connectivity index (χ4n) is 5.32. The first-order valence-electron chi connectivity index (χ1n) is 10.1. The number of rotatable bonds is 3. The van der Waals surface area contributed by atoms with Crippen molar-refractivity contribution in [3.63, 3.8) is 0 Å². The van der Waals surface area contributed by atoms with Crippen molar-refractivity contribution < 1.29 is 19.8 Å². The second-order valence-electron chi connectivity index (χ2n) is 8.81. The summed E-state index contributed by atoms with van der Waals surface area (Å²) >= 11 is 0. The van der Waals surface area contributed by atoms with Crippen molar-refractivity contribution in [2.45, 2.75) is 76.1 Å². The number of nitrogens with zero attached hydrogens (tertiary/aromatic N) is 3. The first-order chi connectivity index (χ1) is 12.4. The number of hydrogen-bond donors (Lipinski definition) is 2. The van der Waals surface area contributed by atoms with Gasteiger partial charge in [-0.05, 0) is 63.8 Å². The summed E-state index contributed by atoms with van der Waals surface area (Å²) in [5.74, 6) is -0.0380. The minimum Gasteiger partial charge on any atom is -0.465 e. The highest BCUT2D eigenvalue weighted by Crippen LogP contribution is 2.53. The molecule has 7 nitrogen and oxygen atoms in total. The number of carbonyl (C=O) groups excluding carboxylic acids is 1. The van der Waals surface area contributed by atoms with E-state index < -0.39 is 12.1 Å². The number of piperidine rings is 2. The van der Waals surface area contributed by atoms with Crippen LogP contribution in [0.25, 0.3) is 0 Å². The van der Waals surface area contributed by atoms with Gasteiger partial charge < -0.3 is 20.0 Å². The smallest absolute Gasteiger partial charge is 0.408 e. The molecule has 26 heavy (non-hydrogen) atoms. The molecule has 0 radical (unpaired) electrons. The molecular weight excluding hydrogens is 334 g/mol. The van der Waals surface area contributed by atoms with Crippen LogP contribution in [0.4, 0.5) is 4.79 Å². The number of aliphatic hydroxyl groups is 1. The van der Waals surface area contributed by atoms with Crippen LogP contribution in [0, 0.1) is 5.41 Å². The molecule has 146 valence electrons. The highest BCUT2D eigenvalue weighted by Gasteiger charge is 2.51. The second-order valence-corrected chi connectivity index (χ2v) is 8.81. The van der Waals surface area contributed by atoms with E-state index >= 15 is 0 Å². The Kier molecular flexibility index (Phi) is 4.63. The monoisotopic (exact) mass is 365 g/mol. The Morgan fingerprint density at radius 1 is 1.23 bits per heavy atom. The number of β-amino-alcohol motifs (C(OH)–C–C–N with tert-alkyl or cyclic N) is 1. The average Bonchev–Trinajstić information content (AvgIpc) is 3.39. The van der Waals surface area contributed by atoms with E-state index in [0.29, 0.717) is 6.54 Å². The van der Waals surface area contributed by atoms with Crippen molar-refractivity contribution >= 4 is 12.0 Å². The largest absolute Gasteiger partial charge is 0.465 e. The van der Waals surface area contributed by atoms with Gasteiger partial charge >= 0.3 is 6.09 Å². The SMILES string of the molecule is C[C@H]1C(=O)N2C(CCN3CCC4(CC4)[C@H](O)C3)CCC[C@@H]2CN1C(=O)O. The predicted molar refractivity (Wildman–Crippen MR) is 95.8 cm³/mol. The lowest BCUT2D eigenvalue weighted by Gasteiger charge is -2.50. The van der Waals surface area contributed by atoms with Crippen molar-refractivity contribution in [2.75, 3.05) is 26.2 Å². The Morgan fingerprint density at radius 3 is 2.65 bits per heavy atom. The van der Waals surface area contributed by atoms with Gasteiger partial charge in [-0.25, -0.2) is 4.79 Å². The molecule has 0 aromatic carbocycles. The summed E-state index contributed by atoms with van der Waals surface area (Å²) in [6, 6.07) is -0.361. The summed E-state index contributed by atoms with van der Waals surface area (Å²) in [5, 5.41) is 19.7. The van der Waals surface area contributed by atoms with Crippen LogP contribution in [0.3, 0.4) is 0 Å². The molecule has 1 saturated carbocycles. The maximum absolute atomic E-state index is 12.8. The number of amides is 2. The molecule has 3 heterocycles. The summed E-state index contributed by atoms with van der Waals surface area (Å²) in [6.45, 7) is 4.85. The van der Waals surface area contributed by atoms with Crippen LogP contribution >= 0.6 is 0 Å². The van der Waals surface area contributed by atoms with E-state index in [9.17, 15) is 19.8 Å². The van der Waals surface area contributed by atoms with E-state index in [4.69, 9.17) is 0 Å². The fourth-order valence-corrected chi connectivity index (χ4v) is 5.32. The van der Waals surface area contributed by atoms with Crippen LogP contribution in [0.1, 0.15) is 51.9 Å². The summed E-state index contributed by atoms with van der Waals surface area (Å²) in [5.41, 5.74) is 0.227. The molecule has 4 aliphatic rings. The van der Waals surface area contributed by atoms with Gasteiger partial charge in [0.1, 0.15) is 6.04 Å². The summed E-state index contributed by atoms with van der Waals surface area (Å²) in [4.78, 5) is 29.9. The van der Waals surface area contributed by atoms with E-state index in [1.807, 2.05) is 4.90 Å². The van der Waals surface area contributed by atoms with Crippen LogP contribution in [-0.4, -0.2) is 87.3 Å². The average molecular weight is 365 g/mol. The van der Waals surface area contributed by atoms with E-state index in [2.05, 4.69) is 4.90 Å². The first kappa shape index (κ1) is 18.0. The number of fused-ring (bicyclic) bond motifs is 1. The molecule has 1 unspecified atom stereocenters. The molecule has 0 bridgehead atoms. The molecule has 3 saturated heterocycles. The minimum atomic E-state index is -0.996. The van der Waals surface area contributed by atoms with Crippen molar-refractivity contribution in [3.05, 3.63) is 0 Å². The van der Waals surface area contributed by atoms with Crippen LogP contribution < -0.4 is 0 Å². The van der Waals surface area contributed by atoms with Crippen molar-refractivity contribution in [2.24, 2.45) is 5.41 Å². The highest BCUT2D eigenvalue weighted by atomic mass is 16.4. The maximum atomic E-state index is 12.8. The summed E-state index contributed by atoms with van der Waals surface area (Å²) in [7, 11) is 0. The van der Waals surface area contributed by atoms with Gasteiger partial charge in [-0.1, -0.05) is 0 Å². The minimum absolute atomic E-state index is 0.0234. The second kappa shape index (κ2) is 6.68. The molecule has 7 heteroatoms. The highest BCUT2D eigenvalue weighted by molar-refractivity contribution is 5.86. The van der Waals surface area contributed by atoms with Crippen LogP contribution in [-0.2, 0) is 4.79 Å². The fraction of sp³-hybridized carbons (Fsp3) is 0.895. The van der Waals surface area contributed by atoms with Gasteiger partial charge in [0.05, 0.1) is 6.10 Å². The number of hydrogen-bond acceptors (Lipinski definition) is 4. The van der Waals surface area contributed by atoms with E-state index in [-0.39, 0.29) is 29.5 Å². The zero-order chi connectivity index (χ0) is 18.5. The number of carboxylic acid groups (broad SMARTS) is 1.